The van der Waals surface area contributed by atoms with E-state index < -0.39 is 12.0 Å². The third-order valence-electron chi connectivity index (χ3n) is 7.50. The van der Waals surface area contributed by atoms with Gasteiger partial charge in [0, 0.05) is 0 Å². The lowest BCUT2D eigenvalue weighted by Gasteiger charge is -2.24. The number of thiazole rings is 1. The summed E-state index contributed by atoms with van der Waals surface area (Å²) in [5.41, 5.74) is 3.35. The summed E-state index contributed by atoms with van der Waals surface area (Å²) in [6.45, 7) is 10.8. The molecule has 3 aromatic carbocycles. The van der Waals surface area contributed by atoms with Crippen molar-refractivity contribution in [2.75, 3.05) is 26.4 Å². The number of carbonyl (C=O) groups excluding carboxylic acids is 2. The van der Waals surface area contributed by atoms with Crippen LogP contribution < -0.4 is 29.1 Å². The number of aromatic nitrogens is 1. The van der Waals surface area contributed by atoms with Crippen molar-refractivity contribution in [2.24, 2.45) is 4.99 Å². The van der Waals surface area contributed by atoms with Crippen LogP contribution in [-0.4, -0.2) is 42.9 Å². The van der Waals surface area contributed by atoms with Gasteiger partial charge in [0.15, 0.2) is 16.3 Å². The van der Waals surface area contributed by atoms with Crippen LogP contribution in [0.2, 0.25) is 0 Å². The van der Waals surface area contributed by atoms with Crippen LogP contribution >= 0.6 is 33.9 Å². The highest BCUT2D eigenvalue weighted by Gasteiger charge is 2.33. The summed E-state index contributed by atoms with van der Waals surface area (Å²) < 4.78 is 31.1. The fourth-order valence-electron chi connectivity index (χ4n) is 5.35. The van der Waals surface area contributed by atoms with Gasteiger partial charge in [0.2, 0.25) is 0 Å². The molecule has 12 heteroatoms. The Morgan fingerprint density at radius 3 is 2.20 bits per heavy atom. The molecule has 0 amide bonds. The van der Waals surface area contributed by atoms with E-state index >= 15 is 0 Å². The van der Waals surface area contributed by atoms with Crippen molar-refractivity contribution in [1.29, 1.82) is 0 Å². The van der Waals surface area contributed by atoms with Crippen molar-refractivity contribution in [3.05, 3.63) is 117 Å². The maximum atomic E-state index is 14.1. The van der Waals surface area contributed by atoms with Crippen LogP contribution in [0.3, 0.4) is 0 Å². The Hall–Kier alpha value is -4.43. The van der Waals surface area contributed by atoms with Crippen molar-refractivity contribution in [1.82, 2.24) is 4.57 Å². The van der Waals surface area contributed by atoms with Crippen molar-refractivity contribution >= 4 is 51.9 Å². The van der Waals surface area contributed by atoms with Gasteiger partial charge in [-0.25, -0.2) is 14.6 Å². The third-order valence-corrected chi connectivity index (χ3v) is 9.29. The first-order chi connectivity index (χ1) is 23.7. The Morgan fingerprint density at radius 2 is 1.55 bits per heavy atom. The van der Waals surface area contributed by atoms with E-state index in [1.54, 1.807) is 43.5 Å². The van der Waals surface area contributed by atoms with E-state index in [2.05, 4.69) is 27.6 Å². The Kier molecular flexibility index (Phi) is 11.9. The van der Waals surface area contributed by atoms with Crippen LogP contribution in [0, 0.1) is 3.57 Å². The van der Waals surface area contributed by atoms with Crippen molar-refractivity contribution in [2.45, 2.75) is 47.3 Å². The standard InChI is InChI=1S/C37H37IN2O8S/c1-6-44-27-16-14-25(15-17-27)32-31(36(43)47-9-4)22(5)39-37-40(32)34(41)30(49-37)20-24-18-28(38)33(29(19-24)45-7-2)48-21-23-10-12-26(13-11-23)35(42)46-8-3/h10-20,32H,6-9,21H2,1-5H3/b30-20-/t32-/m0/s1. The monoisotopic (exact) mass is 796 g/mol. The number of ether oxygens (including phenoxy) is 5. The summed E-state index contributed by atoms with van der Waals surface area (Å²) in [7, 11) is 0. The minimum atomic E-state index is -0.727. The molecule has 2 heterocycles. The average Bonchev–Trinajstić information content (AvgIpc) is 3.38. The molecule has 1 aromatic heterocycles. The summed E-state index contributed by atoms with van der Waals surface area (Å²) in [6, 6.07) is 17.5. The van der Waals surface area contributed by atoms with Crippen molar-refractivity contribution in [3.63, 3.8) is 0 Å². The van der Waals surface area contributed by atoms with Gasteiger partial charge in [-0.1, -0.05) is 35.6 Å². The second-order valence-electron chi connectivity index (χ2n) is 10.8. The van der Waals surface area contributed by atoms with Gasteiger partial charge in [0.05, 0.1) is 57.4 Å². The normalized spacial score (nSPS) is 14.2. The number of fused-ring (bicyclic) bond motifs is 1. The van der Waals surface area contributed by atoms with E-state index in [-0.39, 0.29) is 24.7 Å². The lowest BCUT2D eigenvalue weighted by molar-refractivity contribution is -0.139. The van der Waals surface area contributed by atoms with E-state index in [1.807, 2.05) is 62.4 Å². The molecule has 0 saturated carbocycles. The molecule has 10 nitrogen and oxygen atoms in total. The molecule has 256 valence electrons. The van der Waals surface area contributed by atoms with Gasteiger partial charge in [0.25, 0.3) is 5.56 Å². The Bertz CT molecular complexity index is 2050. The zero-order valence-corrected chi connectivity index (χ0v) is 30.9. The molecule has 1 aliphatic rings. The number of nitrogens with zero attached hydrogens (tertiary/aromatic N) is 2. The second-order valence-corrected chi connectivity index (χ2v) is 12.9. The van der Waals surface area contributed by atoms with E-state index in [4.69, 9.17) is 23.7 Å². The van der Waals surface area contributed by atoms with Gasteiger partial charge in [-0.15, -0.1) is 0 Å². The van der Waals surface area contributed by atoms with Crippen molar-refractivity contribution in [3.8, 4) is 17.2 Å². The van der Waals surface area contributed by atoms with Crippen LogP contribution in [0.1, 0.15) is 67.7 Å². The lowest BCUT2D eigenvalue weighted by Crippen LogP contribution is -2.39. The molecule has 0 fully saturated rings. The molecule has 49 heavy (non-hydrogen) atoms. The highest BCUT2D eigenvalue weighted by Crippen LogP contribution is 2.36. The Balaban J connectivity index is 1.51. The summed E-state index contributed by atoms with van der Waals surface area (Å²) >= 11 is 3.44. The predicted molar refractivity (Wildman–Crippen MR) is 195 cm³/mol. The average molecular weight is 797 g/mol. The third kappa shape index (κ3) is 8.07. The lowest BCUT2D eigenvalue weighted by atomic mass is 9.96. The summed E-state index contributed by atoms with van der Waals surface area (Å²) in [4.78, 5) is 44.5. The summed E-state index contributed by atoms with van der Waals surface area (Å²) in [5.74, 6) is 0.909. The predicted octanol–water partition coefficient (Wildman–Crippen LogP) is 5.96. The van der Waals surface area contributed by atoms with Crippen LogP contribution in [0.25, 0.3) is 6.08 Å². The minimum absolute atomic E-state index is 0.193. The number of carbonyl (C=O) groups is 2. The smallest absolute Gasteiger partial charge is 0.338 e. The van der Waals surface area contributed by atoms with Gasteiger partial charge in [-0.3, -0.25) is 9.36 Å². The molecule has 4 aromatic rings. The van der Waals surface area contributed by atoms with Crippen LogP contribution in [0.5, 0.6) is 17.2 Å². The maximum absolute atomic E-state index is 14.1. The van der Waals surface area contributed by atoms with Crippen LogP contribution in [-0.2, 0) is 20.9 Å². The van der Waals surface area contributed by atoms with E-state index in [0.717, 1.165) is 20.3 Å². The minimum Gasteiger partial charge on any atom is -0.494 e. The van der Waals surface area contributed by atoms with E-state index in [1.165, 1.54) is 11.3 Å². The molecule has 0 N–H and O–H groups in total. The Labute approximate surface area is 301 Å². The number of halogens is 1. The van der Waals surface area contributed by atoms with Gasteiger partial charge < -0.3 is 23.7 Å². The largest absolute Gasteiger partial charge is 0.494 e. The summed E-state index contributed by atoms with van der Waals surface area (Å²) in [6.07, 6.45) is 1.80. The highest BCUT2D eigenvalue weighted by atomic mass is 127. The molecular weight excluding hydrogens is 759 g/mol. The zero-order valence-electron chi connectivity index (χ0n) is 27.9. The summed E-state index contributed by atoms with van der Waals surface area (Å²) in [5, 5.41) is 0. The molecule has 0 saturated heterocycles. The van der Waals surface area contributed by atoms with E-state index in [0.29, 0.717) is 63.2 Å². The molecule has 0 aliphatic carbocycles. The van der Waals surface area contributed by atoms with E-state index in [9.17, 15) is 14.4 Å². The first-order valence-corrected chi connectivity index (χ1v) is 17.9. The molecule has 0 unspecified atom stereocenters. The molecule has 0 bridgehead atoms. The number of allylic oxidation sites excluding steroid dienone is 1. The number of hydrogen-bond donors (Lipinski definition) is 0. The van der Waals surface area contributed by atoms with Crippen LogP contribution in [0.15, 0.2) is 81.7 Å². The van der Waals surface area contributed by atoms with Crippen molar-refractivity contribution < 1.29 is 33.3 Å². The second kappa shape index (κ2) is 16.3. The quantitative estimate of drug-likeness (QED) is 0.121. The fraction of sp³-hybridized carbons (Fsp3) is 0.297. The van der Waals surface area contributed by atoms with Crippen LogP contribution in [0.4, 0.5) is 0 Å². The van der Waals surface area contributed by atoms with Gasteiger partial charge in [0.1, 0.15) is 12.4 Å². The van der Waals surface area contributed by atoms with Gasteiger partial charge >= 0.3 is 11.9 Å². The fourth-order valence-corrected chi connectivity index (χ4v) is 7.18. The zero-order chi connectivity index (χ0) is 35.1. The number of rotatable bonds is 13. The first-order valence-electron chi connectivity index (χ1n) is 16.0. The van der Waals surface area contributed by atoms with Gasteiger partial charge in [-0.2, -0.15) is 0 Å². The maximum Gasteiger partial charge on any atom is 0.338 e. The molecule has 1 atom stereocenters. The topological polar surface area (TPSA) is 115 Å². The molecule has 0 spiro atoms. The number of hydrogen-bond acceptors (Lipinski definition) is 10. The highest BCUT2D eigenvalue weighted by molar-refractivity contribution is 14.1. The van der Waals surface area contributed by atoms with Gasteiger partial charge in [-0.05, 0) is 116 Å². The molecule has 5 rings (SSSR count). The molecule has 1 aliphatic heterocycles. The Morgan fingerprint density at radius 1 is 0.878 bits per heavy atom. The molecule has 0 radical (unpaired) electrons. The first kappa shape index (κ1) is 35.9. The number of benzene rings is 3. The SMILES string of the molecule is CCOC(=O)C1=C(C)N=c2s/c(=C\c3cc(I)c(OCc4ccc(C(=O)OCC)cc4)c(OCC)c3)c(=O)n2[C@H]1c1ccc(OCC)cc1. The molecular formula is C37H37IN2O8S. The number of esters is 2.